The molecular weight excluding hydrogens is 242 g/mol. The molecule has 0 bridgehead atoms. The van der Waals surface area contributed by atoms with Gasteiger partial charge in [0.1, 0.15) is 5.58 Å². The molecule has 2 nitrogen and oxygen atoms in total. The van der Waals surface area contributed by atoms with Gasteiger partial charge in [0, 0.05) is 21.4 Å². The lowest BCUT2D eigenvalue weighted by molar-refractivity contribution is 0.654. The van der Waals surface area contributed by atoms with Crippen LogP contribution in [0.15, 0.2) is 45.4 Å². The molecule has 0 saturated carbocycles. The summed E-state index contributed by atoms with van der Waals surface area (Å²) in [6.07, 6.45) is 1.74. The van der Waals surface area contributed by atoms with E-state index >= 15 is 0 Å². The number of benzene rings is 1. The molecule has 0 unspecified atom stereocenters. The van der Waals surface area contributed by atoms with E-state index in [0.29, 0.717) is 5.71 Å². The van der Waals surface area contributed by atoms with Gasteiger partial charge < -0.3 is 4.42 Å². The fourth-order valence-corrected chi connectivity index (χ4v) is 1.91. The van der Waals surface area contributed by atoms with Crippen LogP contribution in [0.2, 0.25) is 0 Å². The van der Waals surface area contributed by atoms with E-state index in [1.165, 1.54) is 0 Å². The summed E-state index contributed by atoms with van der Waals surface area (Å²) in [5, 5.41) is 2.16. The molecule has 0 N–H and O–H groups in total. The number of rotatable bonds is 0. The van der Waals surface area contributed by atoms with Gasteiger partial charge in [0.05, 0.1) is 0 Å². The summed E-state index contributed by atoms with van der Waals surface area (Å²) >= 11 is 3.40. The summed E-state index contributed by atoms with van der Waals surface area (Å²) < 4.78 is 6.54. The molecule has 0 atom stereocenters. The van der Waals surface area contributed by atoms with Crippen molar-refractivity contribution < 1.29 is 4.42 Å². The van der Waals surface area contributed by atoms with Crippen LogP contribution in [0.25, 0.3) is 22.1 Å². The number of pyridine rings is 1. The van der Waals surface area contributed by atoms with Crippen molar-refractivity contribution in [1.82, 2.24) is 4.98 Å². The number of hydrogen-bond donors (Lipinski definition) is 0. The highest BCUT2D eigenvalue weighted by Gasteiger charge is 2.06. The summed E-state index contributed by atoms with van der Waals surface area (Å²) in [5.74, 6) is 0. The van der Waals surface area contributed by atoms with Crippen molar-refractivity contribution in [2.24, 2.45) is 0 Å². The third-order valence-electron chi connectivity index (χ3n) is 2.20. The van der Waals surface area contributed by atoms with Crippen LogP contribution in [0.3, 0.4) is 0 Å². The average Bonchev–Trinajstić information content (AvgIpc) is 2.56. The molecule has 0 saturated heterocycles. The van der Waals surface area contributed by atoms with E-state index < -0.39 is 0 Å². The van der Waals surface area contributed by atoms with E-state index in [1.807, 2.05) is 30.3 Å². The third-order valence-corrected chi connectivity index (χ3v) is 2.64. The second-order valence-corrected chi connectivity index (χ2v) is 4.02. The van der Waals surface area contributed by atoms with Crippen molar-refractivity contribution in [3.63, 3.8) is 0 Å². The first-order valence-electron chi connectivity index (χ1n) is 4.27. The minimum Gasteiger partial charge on any atom is -0.438 e. The smallest absolute Gasteiger partial charge is 0.227 e. The normalized spacial score (nSPS) is 11.2. The van der Waals surface area contributed by atoms with Crippen LogP contribution < -0.4 is 0 Å². The number of para-hydroxylation sites is 1. The van der Waals surface area contributed by atoms with Crippen LogP contribution in [0, 0.1) is 0 Å². The number of hydrogen-bond acceptors (Lipinski definition) is 2. The maximum atomic E-state index is 5.58. The summed E-state index contributed by atoms with van der Waals surface area (Å²) in [4.78, 5) is 4.20. The quantitative estimate of drug-likeness (QED) is 0.605. The highest BCUT2D eigenvalue weighted by molar-refractivity contribution is 9.10. The van der Waals surface area contributed by atoms with Crippen LogP contribution in [0.5, 0.6) is 0 Å². The van der Waals surface area contributed by atoms with Crippen molar-refractivity contribution in [2.45, 2.75) is 0 Å². The van der Waals surface area contributed by atoms with Gasteiger partial charge in [-0.15, -0.1) is 0 Å². The minimum absolute atomic E-state index is 0.689. The molecule has 0 spiro atoms. The minimum atomic E-state index is 0.689. The van der Waals surface area contributed by atoms with E-state index in [1.54, 1.807) is 6.20 Å². The molecule has 0 aliphatic heterocycles. The third kappa shape index (κ3) is 1.06. The van der Waals surface area contributed by atoms with Gasteiger partial charge in [0.15, 0.2) is 0 Å². The van der Waals surface area contributed by atoms with Crippen LogP contribution in [0.1, 0.15) is 0 Å². The second kappa shape index (κ2) is 2.82. The van der Waals surface area contributed by atoms with Gasteiger partial charge in [-0.3, -0.25) is 0 Å². The van der Waals surface area contributed by atoms with Crippen molar-refractivity contribution in [3.05, 3.63) is 41.0 Å². The molecule has 3 rings (SSSR count). The highest BCUT2D eigenvalue weighted by atomic mass is 79.9. The van der Waals surface area contributed by atoms with Gasteiger partial charge >= 0.3 is 0 Å². The molecule has 0 radical (unpaired) electrons. The Hall–Kier alpha value is -1.35. The van der Waals surface area contributed by atoms with E-state index in [4.69, 9.17) is 4.42 Å². The summed E-state index contributed by atoms with van der Waals surface area (Å²) in [7, 11) is 0. The number of furan rings is 1. The molecule has 0 fully saturated rings. The number of nitrogens with zero attached hydrogens (tertiary/aromatic N) is 1. The molecule has 14 heavy (non-hydrogen) atoms. The van der Waals surface area contributed by atoms with E-state index in [-0.39, 0.29) is 0 Å². The van der Waals surface area contributed by atoms with Gasteiger partial charge in [-0.1, -0.05) is 18.2 Å². The Morgan fingerprint density at radius 3 is 2.93 bits per heavy atom. The maximum absolute atomic E-state index is 5.58. The lowest BCUT2D eigenvalue weighted by Gasteiger charge is -1.88. The van der Waals surface area contributed by atoms with Crippen LogP contribution in [-0.2, 0) is 0 Å². The molecule has 3 heteroatoms. The molecule has 0 aliphatic carbocycles. The zero-order chi connectivity index (χ0) is 9.54. The molecule has 2 aromatic heterocycles. The summed E-state index contributed by atoms with van der Waals surface area (Å²) in [6.45, 7) is 0. The lowest BCUT2D eigenvalue weighted by Crippen LogP contribution is -1.72. The molecule has 1 aromatic carbocycles. The van der Waals surface area contributed by atoms with Crippen molar-refractivity contribution in [3.8, 4) is 0 Å². The Balaban J connectivity index is 2.58. The first kappa shape index (κ1) is 8.00. The summed E-state index contributed by atoms with van der Waals surface area (Å²) in [6, 6.07) is 9.96. The average molecular weight is 248 g/mol. The topological polar surface area (TPSA) is 26.0 Å². The SMILES string of the molecule is Brc1cnc2oc3ccccc3c2c1. The Bertz CT molecular complexity index is 615. The second-order valence-electron chi connectivity index (χ2n) is 3.10. The Morgan fingerprint density at radius 2 is 2.00 bits per heavy atom. The standard InChI is InChI=1S/C11H6BrNO/c12-7-5-9-8-3-1-2-4-10(8)14-11(9)13-6-7/h1-6H. The number of aromatic nitrogens is 1. The van der Waals surface area contributed by atoms with E-state index in [2.05, 4.69) is 20.9 Å². The van der Waals surface area contributed by atoms with Crippen molar-refractivity contribution in [1.29, 1.82) is 0 Å². The van der Waals surface area contributed by atoms with E-state index in [9.17, 15) is 0 Å². The summed E-state index contributed by atoms with van der Waals surface area (Å²) in [5.41, 5.74) is 1.57. The molecule has 2 heterocycles. The van der Waals surface area contributed by atoms with Gasteiger partial charge in [0.2, 0.25) is 5.71 Å². The Morgan fingerprint density at radius 1 is 1.14 bits per heavy atom. The molecule has 0 aliphatic rings. The first-order chi connectivity index (χ1) is 6.84. The van der Waals surface area contributed by atoms with Gasteiger partial charge in [-0.25, -0.2) is 4.98 Å². The van der Waals surface area contributed by atoms with Crippen LogP contribution in [-0.4, -0.2) is 4.98 Å². The van der Waals surface area contributed by atoms with Crippen molar-refractivity contribution >= 4 is 38.0 Å². The monoisotopic (exact) mass is 247 g/mol. The van der Waals surface area contributed by atoms with Crippen molar-refractivity contribution in [2.75, 3.05) is 0 Å². The molecule has 0 amide bonds. The van der Waals surface area contributed by atoms with Gasteiger partial charge in [-0.05, 0) is 28.1 Å². The van der Waals surface area contributed by atoms with E-state index in [0.717, 1.165) is 20.8 Å². The Kier molecular flexibility index (Phi) is 1.61. The molecule has 3 aromatic rings. The predicted molar refractivity (Wildman–Crippen MR) is 59.2 cm³/mol. The van der Waals surface area contributed by atoms with Crippen LogP contribution >= 0.6 is 15.9 Å². The molecule has 68 valence electrons. The Labute approximate surface area is 88.7 Å². The van der Waals surface area contributed by atoms with Crippen LogP contribution in [0.4, 0.5) is 0 Å². The first-order valence-corrected chi connectivity index (χ1v) is 5.07. The molecular formula is C11H6BrNO. The highest BCUT2D eigenvalue weighted by Crippen LogP contribution is 2.28. The number of halogens is 1. The largest absolute Gasteiger partial charge is 0.438 e. The zero-order valence-electron chi connectivity index (χ0n) is 7.20. The predicted octanol–water partition coefficient (Wildman–Crippen LogP) is 3.74. The number of fused-ring (bicyclic) bond motifs is 3. The van der Waals surface area contributed by atoms with Gasteiger partial charge in [-0.2, -0.15) is 0 Å². The fourth-order valence-electron chi connectivity index (χ4n) is 1.58. The lowest BCUT2D eigenvalue weighted by atomic mass is 10.2. The van der Waals surface area contributed by atoms with Gasteiger partial charge in [0.25, 0.3) is 0 Å². The fraction of sp³-hybridized carbons (Fsp3) is 0. The zero-order valence-corrected chi connectivity index (χ0v) is 8.78. The maximum Gasteiger partial charge on any atom is 0.227 e.